The van der Waals surface area contributed by atoms with Crippen LogP contribution in [0.1, 0.15) is 40.2 Å². The number of nitrogens with zero attached hydrogens (tertiary/aromatic N) is 2. The van der Waals surface area contributed by atoms with Crippen molar-refractivity contribution in [2.24, 2.45) is 0 Å². The van der Waals surface area contributed by atoms with Gasteiger partial charge in [0.15, 0.2) is 0 Å². The van der Waals surface area contributed by atoms with Crippen LogP contribution in [0.3, 0.4) is 0 Å². The van der Waals surface area contributed by atoms with Gasteiger partial charge in [-0.2, -0.15) is 0 Å². The molecule has 1 aromatic heterocycles. The molecular weight excluding hydrogens is 556 g/mol. The Kier molecular flexibility index (Phi) is 7.89. The Morgan fingerprint density at radius 1 is 1.10 bits per heavy atom. The molecule has 1 saturated heterocycles. The molecule has 7 nitrogen and oxygen atoms in total. The lowest BCUT2D eigenvalue weighted by molar-refractivity contribution is 0.0964. The van der Waals surface area contributed by atoms with E-state index >= 15 is 0 Å². The van der Waals surface area contributed by atoms with Crippen molar-refractivity contribution in [2.75, 3.05) is 31.5 Å². The predicted molar refractivity (Wildman–Crippen MR) is 155 cm³/mol. The molecule has 210 valence electrons. The number of sulfonamides is 1. The lowest BCUT2D eigenvalue weighted by Gasteiger charge is -2.33. The van der Waals surface area contributed by atoms with Gasteiger partial charge in [0, 0.05) is 44.2 Å². The summed E-state index contributed by atoms with van der Waals surface area (Å²) in [6.45, 7) is 0.639. The summed E-state index contributed by atoms with van der Waals surface area (Å²) in [5.41, 5.74) is 3.39. The third kappa shape index (κ3) is 5.59. The Hall–Kier alpha value is -3.41. The van der Waals surface area contributed by atoms with E-state index in [-0.39, 0.29) is 24.1 Å². The summed E-state index contributed by atoms with van der Waals surface area (Å²) >= 11 is 4.54. The number of nitrogens with one attached hydrogen (secondary N) is 1. The number of rotatable bonds is 7. The van der Waals surface area contributed by atoms with Crippen molar-refractivity contribution in [2.45, 2.75) is 24.5 Å². The number of benzene rings is 3. The second-order valence-electron chi connectivity index (χ2n) is 9.90. The third-order valence-corrected chi connectivity index (χ3v) is 9.26. The zero-order valence-electron chi connectivity index (χ0n) is 22.0. The van der Waals surface area contributed by atoms with Crippen LogP contribution in [0.25, 0.3) is 22.3 Å². The van der Waals surface area contributed by atoms with Gasteiger partial charge in [0.25, 0.3) is 5.91 Å². The molecule has 4 aromatic rings. The smallest absolute Gasteiger partial charge is 0.255 e. The Bertz CT molecular complexity index is 1650. The number of hydrogen-bond acceptors (Lipinski definition) is 6. The van der Waals surface area contributed by atoms with Gasteiger partial charge in [-0.3, -0.25) is 4.79 Å². The molecule has 40 heavy (non-hydrogen) atoms. The summed E-state index contributed by atoms with van der Waals surface area (Å²) in [7, 11) is -0.370. The molecular formula is C29H29F2N3O4S2. The van der Waals surface area contributed by atoms with Crippen LogP contribution in [0.2, 0.25) is 0 Å². The molecule has 0 spiro atoms. The zero-order chi connectivity index (χ0) is 28.6. The van der Waals surface area contributed by atoms with Crippen LogP contribution in [0.4, 0.5) is 14.5 Å². The highest BCUT2D eigenvalue weighted by Crippen LogP contribution is 2.42. The summed E-state index contributed by atoms with van der Waals surface area (Å²) < 4.78 is 62.9. The van der Waals surface area contributed by atoms with Crippen molar-refractivity contribution in [3.63, 3.8) is 0 Å². The molecule has 1 aliphatic rings. The van der Waals surface area contributed by atoms with Gasteiger partial charge >= 0.3 is 0 Å². The van der Waals surface area contributed by atoms with Gasteiger partial charge in [0.05, 0.1) is 17.0 Å². The molecule has 1 fully saturated rings. The summed E-state index contributed by atoms with van der Waals surface area (Å²) in [4.78, 5) is 13.1. The maximum absolute atomic E-state index is 13.6. The Morgan fingerprint density at radius 2 is 1.75 bits per heavy atom. The number of thiol groups is 1. The van der Waals surface area contributed by atoms with Crippen LogP contribution in [0.5, 0.6) is 0 Å². The number of amides is 1. The molecule has 3 aromatic carbocycles. The number of furan rings is 1. The van der Waals surface area contributed by atoms with Crippen LogP contribution in [0, 0.1) is 11.6 Å². The highest BCUT2D eigenvalue weighted by Gasteiger charge is 2.32. The van der Waals surface area contributed by atoms with Gasteiger partial charge in [-0.15, -0.1) is 0 Å². The molecule has 1 aliphatic heterocycles. The van der Waals surface area contributed by atoms with Gasteiger partial charge in [-0.1, -0.05) is 24.9 Å². The van der Waals surface area contributed by atoms with Gasteiger partial charge in [0.2, 0.25) is 10.0 Å². The Morgan fingerprint density at radius 3 is 2.38 bits per heavy atom. The molecule has 0 bridgehead atoms. The lowest BCUT2D eigenvalue weighted by atomic mass is 9.89. The minimum Gasteiger partial charge on any atom is -0.455 e. The van der Waals surface area contributed by atoms with Crippen molar-refractivity contribution in [3.05, 3.63) is 89.0 Å². The van der Waals surface area contributed by atoms with E-state index in [2.05, 4.69) is 18.1 Å². The molecule has 1 N–H and O–H groups in total. The molecule has 0 aliphatic carbocycles. The van der Waals surface area contributed by atoms with E-state index in [9.17, 15) is 22.0 Å². The van der Waals surface area contributed by atoms with Gasteiger partial charge in [0.1, 0.15) is 23.0 Å². The van der Waals surface area contributed by atoms with Crippen LogP contribution < -0.4 is 9.62 Å². The van der Waals surface area contributed by atoms with Crippen molar-refractivity contribution in [1.29, 1.82) is 0 Å². The summed E-state index contributed by atoms with van der Waals surface area (Å²) in [5, 5.41) is 3.23. The van der Waals surface area contributed by atoms with Crippen LogP contribution in [-0.2, 0) is 15.8 Å². The van der Waals surface area contributed by atoms with Gasteiger partial charge < -0.3 is 14.0 Å². The minimum atomic E-state index is -3.66. The molecule has 0 radical (unpaired) electrons. The highest BCUT2D eigenvalue weighted by molar-refractivity contribution is 7.88. The van der Waals surface area contributed by atoms with Crippen molar-refractivity contribution in [3.8, 4) is 11.3 Å². The van der Waals surface area contributed by atoms with Crippen molar-refractivity contribution < 1.29 is 26.4 Å². The summed E-state index contributed by atoms with van der Waals surface area (Å²) in [6, 6.07) is 14.8. The molecule has 0 unspecified atom stereocenters. The second kappa shape index (κ2) is 11.2. The monoisotopic (exact) mass is 585 g/mol. The number of fused-ring (bicyclic) bond motifs is 1. The maximum atomic E-state index is 13.6. The second-order valence-corrected chi connectivity index (χ2v) is 12.5. The molecule has 11 heteroatoms. The number of hydrogen-bond donors (Lipinski definition) is 2. The first kappa shape index (κ1) is 28.1. The van der Waals surface area contributed by atoms with Gasteiger partial charge in [-0.05, 0) is 72.4 Å². The Balaban J connectivity index is 1.55. The predicted octanol–water partition coefficient (Wildman–Crippen LogP) is 5.73. The fourth-order valence-corrected chi connectivity index (χ4v) is 7.03. The van der Waals surface area contributed by atoms with E-state index in [0.717, 1.165) is 17.7 Å². The van der Waals surface area contributed by atoms with E-state index in [0.29, 0.717) is 46.4 Å². The van der Waals surface area contributed by atoms with Crippen molar-refractivity contribution in [1.82, 2.24) is 9.62 Å². The van der Waals surface area contributed by atoms with Gasteiger partial charge in [-0.25, -0.2) is 21.5 Å². The van der Waals surface area contributed by atoms with E-state index in [1.54, 1.807) is 29.6 Å². The van der Waals surface area contributed by atoms with Crippen LogP contribution in [-0.4, -0.2) is 45.8 Å². The molecule has 2 heterocycles. The topological polar surface area (TPSA) is 82.9 Å². The van der Waals surface area contributed by atoms with E-state index in [1.807, 2.05) is 6.07 Å². The van der Waals surface area contributed by atoms with Crippen LogP contribution in [0.15, 0.2) is 65.1 Å². The maximum Gasteiger partial charge on any atom is 0.255 e. The van der Waals surface area contributed by atoms with E-state index in [4.69, 9.17) is 4.42 Å². The van der Waals surface area contributed by atoms with Crippen molar-refractivity contribution >= 4 is 45.4 Å². The summed E-state index contributed by atoms with van der Waals surface area (Å²) in [5.74, 6) is -1.26. The van der Waals surface area contributed by atoms with Crippen LogP contribution >= 0.6 is 12.8 Å². The molecule has 0 saturated carbocycles. The summed E-state index contributed by atoms with van der Waals surface area (Å²) in [6.07, 6.45) is 1.39. The number of piperidine rings is 1. The molecule has 1 atom stereocenters. The zero-order valence-corrected chi connectivity index (χ0v) is 23.7. The lowest BCUT2D eigenvalue weighted by Crippen LogP contribution is -2.39. The highest BCUT2D eigenvalue weighted by atomic mass is 32.2. The minimum absolute atomic E-state index is 0.174. The first-order valence-corrected chi connectivity index (χ1v) is 14.8. The largest absolute Gasteiger partial charge is 0.455 e. The fraction of sp³-hybridized carbons (Fsp3) is 0.276. The average molecular weight is 586 g/mol. The number of halogens is 2. The fourth-order valence-electron chi connectivity index (χ4n) is 5.24. The number of carbonyl (C=O) groups is 1. The molecule has 5 rings (SSSR count). The normalized spacial score (nSPS) is 16.3. The molecule has 1 amide bonds. The first-order chi connectivity index (χ1) is 19.1. The third-order valence-electron chi connectivity index (χ3n) is 7.23. The standard InChI is InChI=1S/C29H29F2N3O4S2/c1-32-29(35)27-24-14-23(25(33(2)39)15-26(24)38-28(27)19-7-11-22(31)12-8-19)20-4-3-13-34(16-20)40(36,37)17-18-5-9-21(30)10-6-18/h5-12,14-15,20,39H,3-4,13,16-17H2,1-2H3,(H,32,35)/t20-/m0/s1. The first-order valence-electron chi connectivity index (χ1n) is 12.8. The van der Waals surface area contributed by atoms with E-state index in [1.165, 1.54) is 47.8 Å². The van der Waals surface area contributed by atoms with E-state index < -0.39 is 21.7 Å². The SMILES string of the molecule is CNC(=O)c1c(-c2ccc(F)cc2)oc2cc(N(C)S)c([C@H]3CCCN(S(=O)(=O)Cc4ccc(F)cc4)C3)cc12. The number of carbonyl (C=O) groups excluding carboxylic acids is 1. The average Bonchev–Trinajstić information content (AvgIpc) is 3.32. The Labute approximate surface area is 237 Å². The quantitative estimate of drug-likeness (QED) is 0.271. The number of anilines is 1.